The van der Waals surface area contributed by atoms with E-state index in [1.165, 1.54) is 0 Å². The molecule has 0 fully saturated rings. The summed E-state index contributed by atoms with van der Waals surface area (Å²) in [4.78, 5) is 18.1. The molecule has 0 saturated heterocycles. The minimum Gasteiger partial charge on any atom is -0.493 e. The standard InChI is InChI=1S/C26H24N2O3S2/c1-30-24-13-20(11-12-23(24)31-15-19-7-3-2-4-8-19)14-27-26(29)22-9-5-6-10-25(22)33-17-21-16-32-18-28-21/h2-13,16,18H,14-15,17H2,1H3,(H,27,29). The Kier molecular flexibility index (Phi) is 8.00. The van der Waals surface area contributed by atoms with Crippen LogP contribution < -0.4 is 14.8 Å². The van der Waals surface area contributed by atoms with Gasteiger partial charge in [0.2, 0.25) is 0 Å². The minimum absolute atomic E-state index is 0.111. The third kappa shape index (κ3) is 6.37. The number of ether oxygens (including phenoxy) is 2. The number of aromatic nitrogens is 1. The summed E-state index contributed by atoms with van der Waals surface area (Å²) in [7, 11) is 1.61. The predicted molar refractivity (Wildman–Crippen MR) is 133 cm³/mol. The number of benzene rings is 3. The van der Waals surface area contributed by atoms with Gasteiger partial charge in [-0.3, -0.25) is 4.79 Å². The quantitative estimate of drug-likeness (QED) is 0.287. The van der Waals surface area contributed by atoms with E-state index in [1.54, 1.807) is 30.2 Å². The van der Waals surface area contributed by atoms with Crippen molar-refractivity contribution in [3.05, 3.63) is 106 Å². The van der Waals surface area contributed by atoms with Gasteiger partial charge in [-0.15, -0.1) is 23.1 Å². The molecule has 168 valence electrons. The van der Waals surface area contributed by atoms with E-state index in [-0.39, 0.29) is 5.91 Å². The lowest BCUT2D eigenvalue weighted by atomic mass is 10.1. The summed E-state index contributed by atoms with van der Waals surface area (Å²) in [6.45, 7) is 0.849. The molecule has 0 unspecified atom stereocenters. The van der Waals surface area contributed by atoms with E-state index in [1.807, 2.05) is 83.7 Å². The highest BCUT2D eigenvalue weighted by atomic mass is 32.2. The summed E-state index contributed by atoms with van der Waals surface area (Å²) in [5.74, 6) is 1.92. The van der Waals surface area contributed by atoms with Crippen LogP contribution >= 0.6 is 23.1 Å². The second kappa shape index (κ2) is 11.5. The Bertz CT molecular complexity index is 1180. The van der Waals surface area contributed by atoms with Crippen LogP contribution in [0.5, 0.6) is 11.5 Å². The number of nitrogens with one attached hydrogen (secondary N) is 1. The Morgan fingerprint density at radius 1 is 1.00 bits per heavy atom. The summed E-state index contributed by atoms with van der Waals surface area (Å²) in [6.07, 6.45) is 0. The van der Waals surface area contributed by atoms with Crippen molar-refractivity contribution in [2.45, 2.75) is 23.8 Å². The fourth-order valence-corrected chi connectivity index (χ4v) is 4.81. The highest BCUT2D eigenvalue weighted by Gasteiger charge is 2.13. The van der Waals surface area contributed by atoms with Gasteiger partial charge in [0, 0.05) is 22.6 Å². The second-order valence-corrected chi connectivity index (χ2v) is 8.94. The molecule has 7 heteroatoms. The maximum atomic E-state index is 12.9. The number of thioether (sulfide) groups is 1. The summed E-state index contributed by atoms with van der Waals surface area (Å²) in [5.41, 5.74) is 5.51. The summed E-state index contributed by atoms with van der Waals surface area (Å²) in [5, 5.41) is 5.04. The fourth-order valence-electron chi connectivity index (χ4n) is 3.19. The zero-order valence-corrected chi connectivity index (χ0v) is 19.8. The highest BCUT2D eigenvalue weighted by molar-refractivity contribution is 7.98. The van der Waals surface area contributed by atoms with Crippen molar-refractivity contribution in [1.29, 1.82) is 0 Å². The van der Waals surface area contributed by atoms with E-state index < -0.39 is 0 Å². The molecule has 0 radical (unpaired) electrons. The lowest BCUT2D eigenvalue weighted by Gasteiger charge is -2.13. The van der Waals surface area contributed by atoms with Crippen LogP contribution in [0.1, 0.15) is 27.2 Å². The molecule has 3 aromatic carbocycles. The second-order valence-electron chi connectivity index (χ2n) is 7.21. The first-order valence-electron chi connectivity index (χ1n) is 10.4. The molecule has 0 atom stereocenters. The van der Waals surface area contributed by atoms with Crippen molar-refractivity contribution in [1.82, 2.24) is 10.3 Å². The van der Waals surface area contributed by atoms with Gasteiger partial charge in [0.25, 0.3) is 5.91 Å². The SMILES string of the molecule is COc1cc(CNC(=O)c2ccccc2SCc2cscn2)ccc1OCc1ccccc1. The van der Waals surface area contributed by atoms with E-state index >= 15 is 0 Å². The van der Waals surface area contributed by atoms with Crippen molar-refractivity contribution in [3.63, 3.8) is 0 Å². The van der Waals surface area contributed by atoms with Crippen LogP contribution in [0.25, 0.3) is 0 Å². The van der Waals surface area contributed by atoms with E-state index in [0.717, 1.165) is 27.5 Å². The summed E-state index contributed by atoms with van der Waals surface area (Å²) < 4.78 is 11.4. The number of methoxy groups -OCH3 is 1. The molecule has 5 nitrogen and oxygen atoms in total. The highest BCUT2D eigenvalue weighted by Crippen LogP contribution is 2.29. The number of hydrogen-bond acceptors (Lipinski definition) is 6. The number of thiazole rings is 1. The topological polar surface area (TPSA) is 60.5 Å². The Morgan fingerprint density at radius 3 is 2.61 bits per heavy atom. The first-order valence-corrected chi connectivity index (χ1v) is 12.4. The Morgan fingerprint density at radius 2 is 1.82 bits per heavy atom. The van der Waals surface area contributed by atoms with Crippen LogP contribution in [0.15, 0.2) is 88.6 Å². The van der Waals surface area contributed by atoms with E-state index in [9.17, 15) is 4.79 Å². The zero-order chi connectivity index (χ0) is 22.9. The Balaban J connectivity index is 1.37. The van der Waals surface area contributed by atoms with Gasteiger partial charge in [0.1, 0.15) is 6.61 Å². The monoisotopic (exact) mass is 476 g/mol. The third-order valence-corrected chi connectivity index (χ3v) is 6.65. The number of nitrogens with zero attached hydrogens (tertiary/aromatic N) is 1. The molecule has 33 heavy (non-hydrogen) atoms. The van der Waals surface area contributed by atoms with Crippen molar-refractivity contribution < 1.29 is 14.3 Å². The van der Waals surface area contributed by atoms with Crippen LogP contribution in [0.4, 0.5) is 0 Å². The zero-order valence-electron chi connectivity index (χ0n) is 18.2. The number of carbonyl (C=O) groups excluding carboxylic acids is 1. The molecule has 0 aliphatic rings. The maximum absolute atomic E-state index is 12.9. The molecule has 0 saturated carbocycles. The number of amides is 1. The van der Waals surface area contributed by atoms with Crippen LogP contribution in [0.3, 0.4) is 0 Å². The first-order chi connectivity index (χ1) is 16.2. The average Bonchev–Trinajstić information content (AvgIpc) is 3.39. The summed E-state index contributed by atoms with van der Waals surface area (Å²) in [6, 6.07) is 23.3. The van der Waals surface area contributed by atoms with Crippen LogP contribution in [0, 0.1) is 0 Å². The predicted octanol–water partition coefficient (Wildman–Crippen LogP) is 5.95. The van der Waals surface area contributed by atoms with Crippen molar-refractivity contribution in [2.24, 2.45) is 0 Å². The molecule has 0 spiro atoms. The Hall–Kier alpha value is -3.29. The van der Waals surface area contributed by atoms with Gasteiger partial charge in [0.15, 0.2) is 11.5 Å². The molecule has 4 aromatic rings. The maximum Gasteiger partial charge on any atom is 0.252 e. The number of hydrogen-bond donors (Lipinski definition) is 1. The van der Waals surface area contributed by atoms with E-state index in [2.05, 4.69) is 10.3 Å². The van der Waals surface area contributed by atoms with E-state index in [4.69, 9.17) is 9.47 Å². The minimum atomic E-state index is -0.111. The smallest absolute Gasteiger partial charge is 0.252 e. The van der Waals surface area contributed by atoms with E-state index in [0.29, 0.717) is 30.2 Å². The lowest BCUT2D eigenvalue weighted by Crippen LogP contribution is -2.23. The van der Waals surface area contributed by atoms with Gasteiger partial charge < -0.3 is 14.8 Å². The molecule has 1 N–H and O–H groups in total. The van der Waals surface area contributed by atoms with Crippen LogP contribution in [0.2, 0.25) is 0 Å². The average molecular weight is 477 g/mol. The first kappa shape index (κ1) is 22.9. The van der Waals surface area contributed by atoms with Gasteiger partial charge in [-0.2, -0.15) is 0 Å². The van der Waals surface area contributed by atoms with Gasteiger partial charge >= 0.3 is 0 Å². The molecule has 0 aliphatic heterocycles. The summed E-state index contributed by atoms with van der Waals surface area (Å²) >= 11 is 3.19. The van der Waals surface area contributed by atoms with Gasteiger partial charge in [-0.05, 0) is 35.4 Å². The molecule has 0 bridgehead atoms. The van der Waals surface area contributed by atoms with Crippen LogP contribution in [-0.4, -0.2) is 18.0 Å². The normalized spacial score (nSPS) is 10.6. The fraction of sp³-hybridized carbons (Fsp3) is 0.154. The molecule has 0 aliphatic carbocycles. The van der Waals surface area contributed by atoms with Crippen LogP contribution in [-0.2, 0) is 18.9 Å². The number of rotatable bonds is 10. The molecular weight excluding hydrogens is 452 g/mol. The molecule has 1 aromatic heterocycles. The van der Waals surface area contributed by atoms with Crippen molar-refractivity contribution in [3.8, 4) is 11.5 Å². The molecular formula is C26H24N2O3S2. The number of carbonyl (C=O) groups is 1. The van der Waals surface area contributed by atoms with Gasteiger partial charge in [0.05, 0.1) is 23.9 Å². The molecule has 1 amide bonds. The lowest BCUT2D eigenvalue weighted by molar-refractivity contribution is 0.0948. The Labute approximate surface area is 201 Å². The molecule has 1 heterocycles. The van der Waals surface area contributed by atoms with Crippen molar-refractivity contribution in [2.75, 3.05) is 7.11 Å². The van der Waals surface area contributed by atoms with Crippen molar-refractivity contribution >= 4 is 29.0 Å². The largest absolute Gasteiger partial charge is 0.493 e. The van der Waals surface area contributed by atoms with Gasteiger partial charge in [-0.25, -0.2) is 4.98 Å². The molecule has 4 rings (SSSR count). The van der Waals surface area contributed by atoms with Gasteiger partial charge in [-0.1, -0.05) is 48.5 Å². The third-order valence-electron chi connectivity index (χ3n) is 4.91.